The van der Waals surface area contributed by atoms with E-state index in [1.165, 1.54) is 25.3 Å². The van der Waals surface area contributed by atoms with Crippen LogP contribution >= 0.6 is 0 Å². The normalized spacial score (nSPS) is 16.7. The molecule has 0 saturated heterocycles. The summed E-state index contributed by atoms with van der Waals surface area (Å²) in [6, 6.07) is 2.90. The summed E-state index contributed by atoms with van der Waals surface area (Å²) in [6.07, 6.45) is 5.75. The Hall–Kier alpha value is -1.78. The number of anilines is 1. The maximum Gasteiger partial charge on any atom is 0.336 e. The smallest absolute Gasteiger partial charge is 0.336 e. The van der Waals surface area contributed by atoms with Gasteiger partial charge in [0.15, 0.2) is 0 Å². The second-order valence-corrected chi connectivity index (χ2v) is 4.43. The topological polar surface area (TPSA) is 82.2 Å². The molecule has 0 unspecified atom stereocenters. The fourth-order valence-corrected chi connectivity index (χ4v) is 2.21. The minimum atomic E-state index is -1.08. The van der Waals surface area contributed by atoms with Crippen LogP contribution in [0, 0.1) is 0 Å². The number of carboxylic acid groups (broad SMARTS) is 1. The number of hydrogen-bond acceptors (Lipinski definition) is 3. The summed E-state index contributed by atoms with van der Waals surface area (Å²) < 4.78 is 0. The Balaban J connectivity index is 2.14. The number of carboxylic acids is 1. The van der Waals surface area contributed by atoms with Crippen molar-refractivity contribution in [1.29, 1.82) is 0 Å². The second-order valence-electron chi connectivity index (χ2n) is 4.43. The van der Waals surface area contributed by atoms with Crippen molar-refractivity contribution < 1.29 is 9.90 Å². The van der Waals surface area contributed by atoms with Crippen molar-refractivity contribution in [2.75, 3.05) is 5.32 Å². The van der Waals surface area contributed by atoms with Crippen LogP contribution in [0.5, 0.6) is 0 Å². The Morgan fingerprint density at radius 1 is 1.29 bits per heavy atom. The standard InChI is InChI=1S/C12H16N2O3/c15-11-7-8(12(16)17)6-10(14-11)13-9-4-2-1-3-5-9/h6-7,9H,1-5H2,(H,16,17)(H2,13,14,15). The van der Waals surface area contributed by atoms with E-state index in [0.717, 1.165) is 18.9 Å². The number of aromatic carboxylic acids is 1. The fourth-order valence-electron chi connectivity index (χ4n) is 2.21. The minimum Gasteiger partial charge on any atom is -0.478 e. The lowest BCUT2D eigenvalue weighted by Gasteiger charge is -2.23. The van der Waals surface area contributed by atoms with Gasteiger partial charge >= 0.3 is 5.97 Å². The van der Waals surface area contributed by atoms with Crippen LogP contribution in [-0.4, -0.2) is 22.1 Å². The van der Waals surface area contributed by atoms with E-state index < -0.39 is 5.97 Å². The summed E-state index contributed by atoms with van der Waals surface area (Å²) in [5.74, 6) is -0.579. The Labute approximate surface area is 98.9 Å². The highest BCUT2D eigenvalue weighted by Crippen LogP contribution is 2.20. The van der Waals surface area contributed by atoms with Gasteiger partial charge in [-0.3, -0.25) is 4.79 Å². The molecule has 0 radical (unpaired) electrons. The number of H-pyrrole nitrogens is 1. The zero-order valence-corrected chi connectivity index (χ0v) is 9.53. The van der Waals surface area contributed by atoms with Crippen LogP contribution in [0.2, 0.25) is 0 Å². The van der Waals surface area contributed by atoms with Crippen LogP contribution in [0.4, 0.5) is 5.82 Å². The number of pyridine rings is 1. The van der Waals surface area contributed by atoms with Crippen LogP contribution in [0.3, 0.4) is 0 Å². The maximum atomic E-state index is 11.3. The molecule has 3 N–H and O–H groups in total. The van der Waals surface area contributed by atoms with Crippen LogP contribution in [0.15, 0.2) is 16.9 Å². The van der Waals surface area contributed by atoms with Gasteiger partial charge in [0.05, 0.1) is 5.56 Å². The summed E-state index contributed by atoms with van der Waals surface area (Å²) >= 11 is 0. The molecule has 1 aromatic rings. The van der Waals surface area contributed by atoms with Crippen LogP contribution < -0.4 is 10.9 Å². The van der Waals surface area contributed by atoms with Crippen molar-refractivity contribution in [2.24, 2.45) is 0 Å². The molecule has 1 saturated carbocycles. The van der Waals surface area contributed by atoms with Gasteiger partial charge in [-0.25, -0.2) is 4.79 Å². The molecule has 0 amide bonds. The Morgan fingerprint density at radius 2 is 2.00 bits per heavy atom. The van der Waals surface area contributed by atoms with Crippen LogP contribution in [0.25, 0.3) is 0 Å². The zero-order chi connectivity index (χ0) is 12.3. The molecule has 0 spiro atoms. The number of aromatic amines is 1. The molecule has 92 valence electrons. The van der Waals surface area contributed by atoms with Crippen molar-refractivity contribution in [2.45, 2.75) is 38.1 Å². The van der Waals surface area contributed by atoms with Crippen molar-refractivity contribution in [1.82, 2.24) is 4.98 Å². The zero-order valence-electron chi connectivity index (χ0n) is 9.53. The van der Waals surface area contributed by atoms with Crippen LogP contribution in [0.1, 0.15) is 42.5 Å². The van der Waals surface area contributed by atoms with Crippen molar-refractivity contribution in [3.8, 4) is 0 Å². The average molecular weight is 236 g/mol. The van der Waals surface area contributed by atoms with Gasteiger partial charge in [-0.15, -0.1) is 0 Å². The SMILES string of the molecule is O=C(O)c1cc(NC2CCCCC2)[nH]c(=O)c1. The number of aromatic nitrogens is 1. The first-order valence-corrected chi connectivity index (χ1v) is 5.89. The summed E-state index contributed by atoms with van der Waals surface area (Å²) in [5.41, 5.74) is -0.365. The third-order valence-corrected chi connectivity index (χ3v) is 3.06. The van der Waals surface area contributed by atoms with Gasteiger partial charge in [0.2, 0.25) is 5.56 Å². The number of hydrogen-bond donors (Lipinski definition) is 3. The molecule has 5 heteroatoms. The lowest BCUT2D eigenvalue weighted by atomic mass is 9.95. The van der Waals surface area contributed by atoms with E-state index in [0.29, 0.717) is 11.9 Å². The average Bonchev–Trinajstić information content (AvgIpc) is 2.29. The van der Waals surface area contributed by atoms with Crippen molar-refractivity contribution >= 4 is 11.8 Å². The van der Waals surface area contributed by atoms with E-state index in [2.05, 4.69) is 10.3 Å². The molecule has 5 nitrogen and oxygen atoms in total. The van der Waals surface area contributed by atoms with E-state index in [9.17, 15) is 9.59 Å². The molecule has 2 rings (SSSR count). The van der Waals surface area contributed by atoms with Gasteiger partial charge in [-0.1, -0.05) is 19.3 Å². The van der Waals surface area contributed by atoms with Gasteiger partial charge in [-0.2, -0.15) is 0 Å². The van der Waals surface area contributed by atoms with Gasteiger partial charge in [-0.05, 0) is 18.9 Å². The molecule has 0 aromatic carbocycles. The first-order chi connectivity index (χ1) is 8.15. The van der Waals surface area contributed by atoms with E-state index in [-0.39, 0.29) is 11.1 Å². The third-order valence-electron chi connectivity index (χ3n) is 3.06. The molecule has 17 heavy (non-hydrogen) atoms. The second kappa shape index (κ2) is 5.03. The first kappa shape index (κ1) is 11.7. The lowest BCUT2D eigenvalue weighted by molar-refractivity contribution is 0.0696. The fraction of sp³-hybridized carbons (Fsp3) is 0.500. The number of carbonyl (C=O) groups is 1. The highest BCUT2D eigenvalue weighted by Gasteiger charge is 2.14. The molecule has 1 heterocycles. The Kier molecular flexibility index (Phi) is 3.46. The molecule has 1 aliphatic carbocycles. The molecular formula is C12H16N2O3. The summed E-state index contributed by atoms with van der Waals surface area (Å²) in [5, 5.41) is 12.1. The largest absolute Gasteiger partial charge is 0.478 e. The number of nitrogens with one attached hydrogen (secondary N) is 2. The van der Waals surface area contributed by atoms with Gasteiger partial charge in [0.25, 0.3) is 0 Å². The van der Waals surface area contributed by atoms with E-state index in [1.54, 1.807) is 0 Å². The monoisotopic (exact) mass is 236 g/mol. The van der Waals surface area contributed by atoms with E-state index in [4.69, 9.17) is 5.11 Å². The van der Waals surface area contributed by atoms with Crippen molar-refractivity contribution in [3.05, 3.63) is 28.0 Å². The highest BCUT2D eigenvalue weighted by atomic mass is 16.4. The Bertz CT molecular complexity index is 461. The van der Waals surface area contributed by atoms with E-state index >= 15 is 0 Å². The maximum absolute atomic E-state index is 11.3. The molecule has 1 aromatic heterocycles. The minimum absolute atomic E-state index is 0.0204. The van der Waals surface area contributed by atoms with Gasteiger partial charge in [0.1, 0.15) is 5.82 Å². The third kappa shape index (κ3) is 3.09. The summed E-state index contributed by atoms with van der Waals surface area (Å²) in [4.78, 5) is 24.7. The van der Waals surface area contributed by atoms with E-state index in [1.807, 2.05) is 0 Å². The molecule has 1 aliphatic rings. The molecule has 1 fully saturated rings. The first-order valence-electron chi connectivity index (χ1n) is 5.89. The summed E-state index contributed by atoms with van der Waals surface area (Å²) in [6.45, 7) is 0. The van der Waals surface area contributed by atoms with Gasteiger partial charge < -0.3 is 15.4 Å². The van der Waals surface area contributed by atoms with Crippen LogP contribution in [-0.2, 0) is 0 Å². The molecular weight excluding hydrogens is 220 g/mol. The van der Waals surface area contributed by atoms with Crippen molar-refractivity contribution in [3.63, 3.8) is 0 Å². The molecule has 0 atom stereocenters. The quantitative estimate of drug-likeness (QED) is 0.747. The molecule has 0 aliphatic heterocycles. The summed E-state index contributed by atoms with van der Waals surface area (Å²) in [7, 11) is 0. The predicted octanol–water partition coefficient (Wildman–Crippen LogP) is 1.82. The highest BCUT2D eigenvalue weighted by molar-refractivity contribution is 5.88. The Morgan fingerprint density at radius 3 is 2.65 bits per heavy atom. The molecule has 0 bridgehead atoms. The lowest BCUT2D eigenvalue weighted by Crippen LogP contribution is -2.24. The van der Waals surface area contributed by atoms with Gasteiger partial charge in [0, 0.05) is 12.1 Å². The predicted molar refractivity (Wildman–Crippen MR) is 64.5 cm³/mol. The number of rotatable bonds is 3.